The Kier molecular flexibility index (Phi) is 8.58. The monoisotopic (exact) mass is 375 g/mol. The topological polar surface area (TPSA) is 72.0 Å². The number of hydrogen-bond donors (Lipinski definition) is 2. The first-order valence-electron chi connectivity index (χ1n) is 9.96. The second-order valence-corrected chi connectivity index (χ2v) is 7.54. The van der Waals surface area contributed by atoms with Gasteiger partial charge in [-0.1, -0.05) is 19.3 Å². The Morgan fingerprint density at radius 2 is 1.85 bits per heavy atom. The normalized spacial score (nSPS) is 15.5. The lowest BCUT2D eigenvalue weighted by atomic mass is 9.95. The van der Waals surface area contributed by atoms with Crippen molar-refractivity contribution in [3.8, 4) is 11.5 Å². The second kappa shape index (κ2) is 10.9. The Hall–Kier alpha value is -2.08. The van der Waals surface area contributed by atoms with E-state index in [-0.39, 0.29) is 18.1 Å². The molecule has 27 heavy (non-hydrogen) atoms. The van der Waals surface area contributed by atoms with E-state index in [0.29, 0.717) is 18.3 Å². The fraction of sp³-hybridized carbons (Fsp3) is 0.619. The molecule has 0 radical (unpaired) electrons. The van der Waals surface area contributed by atoms with Crippen LogP contribution in [0.5, 0.6) is 11.5 Å². The summed E-state index contributed by atoms with van der Waals surface area (Å²) < 4.78 is 11.6. The van der Waals surface area contributed by atoms with Gasteiger partial charge >= 0.3 is 0 Å². The summed E-state index contributed by atoms with van der Waals surface area (Å²) in [6.45, 7) is 8.19. The molecule has 1 saturated carbocycles. The molecular weight excluding hydrogens is 342 g/mol. The van der Waals surface area contributed by atoms with E-state index in [1.807, 2.05) is 45.9 Å². The first kappa shape index (κ1) is 21.2. The number of benzene rings is 1. The molecule has 1 aromatic carbocycles. The van der Waals surface area contributed by atoms with E-state index in [9.17, 15) is 4.79 Å². The number of rotatable bonds is 9. The minimum atomic E-state index is -0.136. The van der Waals surface area contributed by atoms with Crippen LogP contribution in [-0.4, -0.2) is 36.9 Å². The van der Waals surface area contributed by atoms with Crippen LogP contribution in [0.3, 0.4) is 0 Å². The van der Waals surface area contributed by atoms with Gasteiger partial charge in [-0.05, 0) is 52.7 Å². The van der Waals surface area contributed by atoms with Crippen molar-refractivity contribution < 1.29 is 14.3 Å². The maximum absolute atomic E-state index is 12.0. The van der Waals surface area contributed by atoms with Crippen LogP contribution in [0.1, 0.15) is 65.4 Å². The molecule has 1 aliphatic carbocycles. The van der Waals surface area contributed by atoms with Gasteiger partial charge < -0.3 is 14.8 Å². The molecular formula is C21H33N3O3. The van der Waals surface area contributed by atoms with E-state index in [1.165, 1.54) is 19.3 Å². The minimum Gasteiger partial charge on any atom is -0.491 e. The zero-order valence-corrected chi connectivity index (χ0v) is 17.0. The number of carbonyl (C=O) groups excluding carboxylic acids is 1. The summed E-state index contributed by atoms with van der Waals surface area (Å²) in [5, 5.41) is 7.38. The predicted molar refractivity (Wildman–Crippen MR) is 109 cm³/mol. The molecule has 0 heterocycles. The van der Waals surface area contributed by atoms with Crippen molar-refractivity contribution in [2.45, 2.75) is 78.0 Å². The van der Waals surface area contributed by atoms with Crippen molar-refractivity contribution in [1.82, 2.24) is 10.7 Å². The molecule has 0 unspecified atom stereocenters. The quantitative estimate of drug-likeness (QED) is 0.511. The number of amides is 1. The summed E-state index contributed by atoms with van der Waals surface area (Å²) >= 11 is 0. The van der Waals surface area contributed by atoms with Crippen LogP contribution in [-0.2, 0) is 4.79 Å². The number of nitrogens with zero attached hydrogens (tertiary/aromatic N) is 1. The van der Waals surface area contributed by atoms with Crippen LogP contribution >= 0.6 is 0 Å². The third-order valence-electron chi connectivity index (χ3n) is 4.27. The lowest BCUT2D eigenvalue weighted by Crippen LogP contribution is -2.38. The number of carbonyl (C=O) groups is 1. The summed E-state index contributed by atoms with van der Waals surface area (Å²) in [4.78, 5) is 12.0. The van der Waals surface area contributed by atoms with Gasteiger partial charge in [-0.15, -0.1) is 0 Å². The zero-order chi connectivity index (χ0) is 19.6. The molecule has 0 spiro atoms. The van der Waals surface area contributed by atoms with Gasteiger partial charge in [0.15, 0.2) is 0 Å². The average Bonchev–Trinajstić information content (AvgIpc) is 2.61. The van der Waals surface area contributed by atoms with Gasteiger partial charge in [0, 0.05) is 17.7 Å². The van der Waals surface area contributed by atoms with E-state index < -0.39 is 0 Å². The number of nitrogens with one attached hydrogen (secondary N) is 2. The average molecular weight is 376 g/mol. The highest BCUT2D eigenvalue weighted by atomic mass is 16.5. The predicted octanol–water partition coefficient (Wildman–Crippen LogP) is 3.63. The van der Waals surface area contributed by atoms with Crippen LogP contribution in [0.15, 0.2) is 23.3 Å². The van der Waals surface area contributed by atoms with Gasteiger partial charge in [0.05, 0.1) is 25.0 Å². The van der Waals surface area contributed by atoms with E-state index in [2.05, 4.69) is 15.8 Å². The highest BCUT2D eigenvalue weighted by Gasteiger charge is 2.13. The molecule has 2 N–H and O–H groups in total. The molecule has 0 atom stereocenters. The summed E-state index contributed by atoms with van der Waals surface area (Å²) in [7, 11) is 0. The first-order chi connectivity index (χ1) is 12.9. The number of hydrogen-bond acceptors (Lipinski definition) is 5. The first-order valence-corrected chi connectivity index (χ1v) is 9.96. The third kappa shape index (κ3) is 7.99. The van der Waals surface area contributed by atoms with Crippen molar-refractivity contribution >= 4 is 12.1 Å². The van der Waals surface area contributed by atoms with Gasteiger partial charge in [-0.25, -0.2) is 5.43 Å². The molecule has 0 aliphatic heterocycles. The zero-order valence-electron chi connectivity index (χ0n) is 17.0. The molecule has 150 valence electrons. The molecule has 1 aromatic rings. The minimum absolute atomic E-state index is 0.0285. The highest BCUT2D eigenvalue weighted by Crippen LogP contribution is 2.25. The van der Waals surface area contributed by atoms with Crippen LogP contribution in [0.2, 0.25) is 0 Å². The largest absolute Gasteiger partial charge is 0.491 e. The molecule has 0 aromatic heterocycles. The van der Waals surface area contributed by atoms with E-state index in [4.69, 9.17) is 9.47 Å². The highest BCUT2D eigenvalue weighted by molar-refractivity contribution is 5.86. The van der Waals surface area contributed by atoms with Crippen LogP contribution < -0.4 is 20.2 Å². The smallest absolute Gasteiger partial charge is 0.254 e. The summed E-state index contributed by atoms with van der Waals surface area (Å²) in [5.41, 5.74) is 3.37. The van der Waals surface area contributed by atoms with E-state index in [1.54, 1.807) is 6.21 Å². The van der Waals surface area contributed by atoms with Gasteiger partial charge in [0.1, 0.15) is 11.5 Å². The lowest BCUT2D eigenvalue weighted by Gasteiger charge is -2.22. The van der Waals surface area contributed by atoms with Crippen molar-refractivity contribution in [3.63, 3.8) is 0 Å². The van der Waals surface area contributed by atoms with Gasteiger partial charge in [-0.3, -0.25) is 4.79 Å². The van der Waals surface area contributed by atoms with Gasteiger partial charge in [0.2, 0.25) is 0 Å². The van der Waals surface area contributed by atoms with Crippen molar-refractivity contribution in [2.75, 3.05) is 6.54 Å². The van der Waals surface area contributed by atoms with Crippen molar-refractivity contribution in [3.05, 3.63) is 23.8 Å². The Labute approximate surface area is 162 Å². The van der Waals surface area contributed by atoms with E-state index >= 15 is 0 Å². The summed E-state index contributed by atoms with van der Waals surface area (Å²) in [6, 6.07) is 6.06. The van der Waals surface area contributed by atoms with Crippen molar-refractivity contribution in [1.29, 1.82) is 0 Å². The molecule has 0 bridgehead atoms. The maximum Gasteiger partial charge on any atom is 0.254 e. The Balaban J connectivity index is 1.90. The number of ether oxygens (including phenoxy) is 2. The number of hydrazone groups is 1. The van der Waals surface area contributed by atoms with Gasteiger partial charge in [-0.2, -0.15) is 5.10 Å². The van der Waals surface area contributed by atoms with Crippen LogP contribution in [0, 0.1) is 0 Å². The molecule has 1 fully saturated rings. The molecule has 1 amide bonds. The Morgan fingerprint density at radius 3 is 2.52 bits per heavy atom. The second-order valence-electron chi connectivity index (χ2n) is 7.54. The molecule has 6 nitrogen and oxygen atoms in total. The maximum atomic E-state index is 12.0. The Bertz CT molecular complexity index is 623. The molecule has 0 saturated heterocycles. The van der Waals surface area contributed by atoms with E-state index in [0.717, 1.165) is 24.2 Å². The Morgan fingerprint density at radius 1 is 1.15 bits per heavy atom. The fourth-order valence-corrected chi connectivity index (χ4v) is 3.08. The lowest BCUT2D eigenvalue weighted by molar-refractivity contribution is -0.120. The molecule has 2 rings (SSSR count). The summed E-state index contributed by atoms with van der Waals surface area (Å²) in [5.74, 6) is 1.29. The third-order valence-corrected chi connectivity index (χ3v) is 4.27. The standard InChI is InChI=1S/C21H33N3O3/c1-15(2)26-19-11-10-17(20(12-19)27-16(3)4)13-23-24-21(25)14-22-18-8-6-5-7-9-18/h10-13,15-16,18,22H,5-9,14H2,1-4H3,(H,24,25)/b23-13+. The SMILES string of the molecule is CC(C)Oc1ccc(/C=N/NC(=O)CNC2CCCCC2)c(OC(C)C)c1. The van der Waals surface area contributed by atoms with Crippen molar-refractivity contribution in [2.24, 2.45) is 5.10 Å². The van der Waals surface area contributed by atoms with Crippen LogP contribution in [0.25, 0.3) is 0 Å². The molecule has 6 heteroatoms. The summed E-state index contributed by atoms with van der Waals surface area (Å²) in [6.07, 6.45) is 7.81. The molecule has 1 aliphatic rings. The fourth-order valence-electron chi connectivity index (χ4n) is 3.08. The van der Waals surface area contributed by atoms with Crippen LogP contribution in [0.4, 0.5) is 0 Å². The van der Waals surface area contributed by atoms with Gasteiger partial charge in [0.25, 0.3) is 5.91 Å².